The van der Waals surface area contributed by atoms with E-state index in [0.717, 1.165) is 34.1 Å². The van der Waals surface area contributed by atoms with Crippen molar-refractivity contribution in [2.45, 2.75) is 25.4 Å². The summed E-state index contributed by atoms with van der Waals surface area (Å²) >= 11 is 7.24. The second kappa shape index (κ2) is 9.03. The molecule has 8 heteroatoms. The smallest absolute Gasteiger partial charge is 0.273 e. The van der Waals surface area contributed by atoms with Gasteiger partial charge in [-0.2, -0.15) is 0 Å². The van der Waals surface area contributed by atoms with Crippen LogP contribution < -0.4 is 10.9 Å². The highest BCUT2D eigenvalue weighted by atomic mass is 35.5. The molecule has 0 saturated carbocycles. The zero-order valence-corrected chi connectivity index (χ0v) is 17.0. The highest BCUT2D eigenvalue weighted by Crippen LogP contribution is 2.19. The van der Waals surface area contributed by atoms with Gasteiger partial charge in [0.2, 0.25) is 5.91 Å². The maximum absolute atomic E-state index is 12.3. The molecule has 1 amide bonds. The Morgan fingerprint density at radius 1 is 1.14 bits per heavy atom. The predicted octanol–water partition coefficient (Wildman–Crippen LogP) is 3.76. The fourth-order valence-electron chi connectivity index (χ4n) is 2.55. The molecule has 0 fully saturated rings. The van der Waals surface area contributed by atoms with Crippen molar-refractivity contribution in [2.75, 3.05) is 11.1 Å². The summed E-state index contributed by atoms with van der Waals surface area (Å²) in [6, 6.07) is 13.0. The number of amides is 1. The van der Waals surface area contributed by atoms with Crippen LogP contribution in [-0.4, -0.2) is 26.8 Å². The van der Waals surface area contributed by atoms with E-state index >= 15 is 0 Å². The quantitative estimate of drug-likeness (QED) is 0.599. The number of hydrogen-bond donors (Lipinski definition) is 2. The zero-order valence-electron chi connectivity index (χ0n) is 15.5. The summed E-state index contributed by atoms with van der Waals surface area (Å²) in [6.07, 6.45) is 0.292. The highest BCUT2D eigenvalue weighted by Gasteiger charge is 2.11. The van der Waals surface area contributed by atoms with E-state index in [0.29, 0.717) is 16.6 Å². The van der Waals surface area contributed by atoms with Gasteiger partial charge in [0.15, 0.2) is 5.16 Å². The number of hydrogen-bond acceptors (Lipinski definition) is 5. The summed E-state index contributed by atoms with van der Waals surface area (Å²) in [5.74, 6) is -0.0662. The number of halogens is 1. The van der Waals surface area contributed by atoms with Crippen molar-refractivity contribution in [2.24, 2.45) is 0 Å². The molecule has 0 bridgehead atoms. The predicted molar refractivity (Wildman–Crippen MR) is 112 cm³/mol. The summed E-state index contributed by atoms with van der Waals surface area (Å²) in [4.78, 5) is 27.1. The number of aromatic amines is 1. The van der Waals surface area contributed by atoms with Crippen LogP contribution in [0.2, 0.25) is 5.02 Å². The molecule has 0 radical (unpaired) electrons. The molecule has 6 nitrogen and oxygen atoms in total. The van der Waals surface area contributed by atoms with Crippen molar-refractivity contribution in [3.05, 3.63) is 80.2 Å². The van der Waals surface area contributed by atoms with E-state index in [1.54, 1.807) is 6.07 Å². The Bertz CT molecular complexity index is 1070. The van der Waals surface area contributed by atoms with Crippen LogP contribution in [0.25, 0.3) is 0 Å². The fourth-order valence-corrected chi connectivity index (χ4v) is 3.36. The Morgan fingerprint density at radius 3 is 2.68 bits per heavy atom. The van der Waals surface area contributed by atoms with Gasteiger partial charge in [-0.3, -0.25) is 14.6 Å². The van der Waals surface area contributed by atoms with Crippen molar-refractivity contribution in [1.29, 1.82) is 0 Å². The first-order chi connectivity index (χ1) is 13.4. The molecule has 0 aliphatic heterocycles. The molecular formula is C20H19ClN4O2S. The molecule has 3 aromatic rings. The van der Waals surface area contributed by atoms with E-state index < -0.39 is 0 Å². The topological polar surface area (TPSA) is 87.7 Å². The molecule has 2 N–H and O–H groups in total. The number of carbonyl (C=O) groups is 1. The van der Waals surface area contributed by atoms with Crippen LogP contribution in [0, 0.1) is 13.8 Å². The van der Waals surface area contributed by atoms with Gasteiger partial charge in [-0.25, -0.2) is 0 Å². The lowest BCUT2D eigenvalue weighted by Crippen LogP contribution is -2.19. The van der Waals surface area contributed by atoms with E-state index in [4.69, 9.17) is 11.6 Å². The average molecular weight is 415 g/mol. The Kier molecular flexibility index (Phi) is 6.49. The normalized spacial score (nSPS) is 10.7. The lowest BCUT2D eigenvalue weighted by molar-refractivity contribution is -0.113. The number of nitrogens with one attached hydrogen (secondary N) is 2. The average Bonchev–Trinajstić information content (AvgIpc) is 2.67. The van der Waals surface area contributed by atoms with Crippen molar-refractivity contribution in [1.82, 2.24) is 15.2 Å². The van der Waals surface area contributed by atoms with Crippen LogP contribution in [0.15, 0.2) is 52.4 Å². The monoisotopic (exact) mass is 414 g/mol. The zero-order chi connectivity index (χ0) is 20.1. The van der Waals surface area contributed by atoms with Crippen LogP contribution in [-0.2, 0) is 11.2 Å². The number of H-pyrrole nitrogens is 1. The lowest BCUT2D eigenvalue weighted by Gasteiger charge is -2.10. The van der Waals surface area contributed by atoms with E-state index in [-0.39, 0.29) is 22.9 Å². The van der Waals surface area contributed by atoms with Crippen LogP contribution in [0.4, 0.5) is 5.69 Å². The molecule has 0 aliphatic carbocycles. The fraction of sp³-hybridized carbons (Fsp3) is 0.200. The Labute approximate surface area is 171 Å². The molecular weight excluding hydrogens is 396 g/mol. The molecule has 0 atom stereocenters. The van der Waals surface area contributed by atoms with Crippen LogP contribution in [0.1, 0.15) is 22.4 Å². The number of nitrogens with zero attached hydrogens (tertiary/aromatic N) is 2. The largest absolute Gasteiger partial charge is 0.325 e. The van der Waals surface area contributed by atoms with E-state index in [2.05, 4.69) is 20.5 Å². The second-order valence-electron chi connectivity index (χ2n) is 6.26. The minimum atomic E-state index is -0.340. The molecule has 1 aromatic heterocycles. The second-order valence-corrected chi connectivity index (χ2v) is 7.63. The number of thioether (sulfide) groups is 1. The summed E-state index contributed by atoms with van der Waals surface area (Å²) in [5.41, 5.74) is 3.65. The van der Waals surface area contributed by atoms with E-state index in [9.17, 15) is 9.59 Å². The third-order valence-electron chi connectivity index (χ3n) is 4.28. The van der Waals surface area contributed by atoms with Gasteiger partial charge in [-0.15, -0.1) is 10.2 Å². The summed E-state index contributed by atoms with van der Waals surface area (Å²) in [7, 11) is 0. The molecule has 1 heterocycles. The number of aryl methyl sites for hydroxylation is 1. The number of anilines is 1. The maximum atomic E-state index is 12.3. The molecule has 28 heavy (non-hydrogen) atoms. The Morgan fingerprint density at radius 2 is 1.93 bits per heavy atom. The van der Waals surface area contributed by atoms with Crippen molar-refractivity contribution >= 4 is 35.0 Å². The van der Waals surface area contributed by atoms with Gasteiger partial charge in [0, 0.05) is 17.1 Å². The van der Waals surface area contributed by atoms with Gasteiger partial charge in [-0.05, 0) is 42.7 Å². The molecule has 0 aliphatic rings. The first-order valence-corrected chi connectivity index (χ1v) is 9.98. The molecule has 2 aromatic carbocycles. The third-order valence-corrected chi connectivity index (χ3v) is 5.51. The van der Waals surface area contributed by atoms with Crippen molar-refractivity contribution in [3.8, 4) is 0 Å². The van der Waals surface area contributed by atoms with E-state index in [1.807, 2.05) is 50.2 Å². The number of benzene rings is 2. The van der Waals surface area contributed by atoms with Crippen LogP contribution in [0.5, 0.6) is 0 Å². The number of rotatable bonds is 6. The Balaban J connectivity index is 1.61. The summed E-state index contributed by atoms with van der Waals surface area (Å²) in [6.45, 7) is 3.95. The summed E-state index contributed by atoms with van der Waals surface area (Å²) < 4.78 is 0. The molecule has 0 unspecified atom stereocenters. The van der Waals surface area contributed by atoms with Crippen LogP contribution in [0.3, 0.4) is 0 Å². The van der Waals surface area contributed by atoms with Gasteiger partial charge in [0.25, 0.3) is 5.56 Å². The standard InChI is InChI=1S/C20H19ClN4O2S/c1-12-6-5-9-16(13(12)2)22-18(26)11-28-20-23-19(27)17(24-25-20)10-14-7-3-4-8-15(14)21/h3-9H,10-11H2,1-2H3,(H,22,26)(H,23,25,27). The molecule has 0 saturated heterocycles. The molecule has 0 spiro atoms. The first-order valence-electron chi connectivity index (χ1n) is 8.62. The maximum Gasteiger partial charge on any atom is 0.273 e. The summed E-state index contributed by atoms with van der Waals surface area (Å²) in [5, 5.41) is 11.7. The van der Waals surface area contributed by atoms with Crippen LogP contribution >= 0.6 is 23.4 Å². The highest BCUT2D eigenvalue weighted by molar-refractivity contribution is 7.99. The van der Waals surface area contributed by atoms with Gasteiger partial charge in [-0.1, -0.05) is 53.7 Å². The van der Waals surface area contributed by atoms with Gasteiger partial charge >= 0.3 is 0 Å². The molecule has 3 rings (SSSR count). The third kappa shape index (κ3) is 4.99. The first kappa shape index (κ1) is 20.1. The van der Waals surface area contributed by atoms with E-state index in [1.165, 1.54) is 0 Å². The lowest BCUT2D eigenvalue weighted by atomic mass is 10.1. The molecule has 144 valence electrons. The van der Waals surface area contributed by atoms with Crippen molar-refractivity contribution < 1.29 is 4.79 Å². The SMILES string of the molecule is Cc1cccc(NC(=O)CSc2nnc(Cc3ccccc3Cl)c(=O)[nH]2)c1C. The van der Waals surface area contributed by atoms with Gasteiger partial charge in [0.05, 0.1) is 5.75 Å². The minimum Gasteiger partial charge on any atom is -0.325 e. The van der Waals surface area contributed by atoms with Gasteiger partial charge in [0.1, 0.15) is 5.69 Å². The Hall–Kier alpha value is -2.64. The number of aromatic nitrogens is 3. The number of carbonyl (C=O) groups excluding carboxylic acids is 1. The van der Waals surface area contributed by atoms with Crippen molar-refractivity contribution in [3.63, 3.8) is 0 Å². The minimum absolute atomic E-state index is 0.113. The van der Waals surface area contributed by atoms with Gasteiger partial charge < -0.3 is 5.32 Å².